The fourth-order valence-corrected chi connectivity index (χ4v) is 3.66. The summed E-state index contributed by atoms with van der Waals surface area (Å²) in [5, 5.41) is 2.66. The highest BCUT2D eigenvalue weighted by atomic mass is 32.1. The van der Waals surface area contributed by atoms with Gasteiger partial charge in [0, 0.05) is 24.5 Å². The number of benzene rings is 2. The normalized spacial score (nSPS) is 11.3. The maximum absolute atomic E-state index is 12.5. The zero-order valence-corrected chi connectivity index (χ0v) is 17.8. The Kier molecular flexibility index (Phi) is 7.17. The summed E-state index contributed by atoms with van der Waals surface area (Å²) in [7, 11) is 1.64. The number of amides is 1. The lowest BCUT2D eigenvalue weighted by molar-refractivity contribution is -0.274. The molecule has 0 saturated carbocycles. The molecule has 1 aromatic heterocycles. The van der Waals surface area contributed by atoms with E-state index in [0.29, 0.717) is 17.9 Å². The van der Waals surface area contributed by atoms with Crippen molar-refractivity contribution in [1.82, 2.24) is 9.88 Å². The van der Waals surface area contributed by atoms with Crippen LogP contribution in [0.25, 0.3) is 10.6 Å². The van der Waals surface area contributed by atoms with Gasteiger partial charge in [-0.15, -0.1) is 24.5 Å². The second-order valence-electron chi connectivity index (χ2n) is 6.72. The highest BCUT2D eigenvalue weighted by Gasteiger charge is 2.31. The van der Waals surface area contributed by atoms with Gasteiger partial charge < -0.3 is 14.4 Å². The van der Waals surface area contributed by atoms with E-state index in [2.05, 4.69) is 9.72 Å². The van der Waals surface area contributed by atoms with Crippen LogP contribution in [-0.2, 0) is 17.8 Å². The van der Waals surface area contributed by atoms with Crippen molar-refractivity contribution in [1.29, 1.82) is 0 Å². The molecular weight excluding hydrogens is 429 g/mol. The van der Waals surface area contributed by atoms with Gasteiger partial charge in [-0.3, -0.25) is 4.79 Å². The van der Waals surface area contributed by atoms with Gasteiger partial charge in [0.05, 0.1) is 18.7 Å². The minimum Gasteiger partial charge on any atom is -0.494 e. The molecular formula is C22H21F3N2O3S. The van der Waals surface area contributed by atoms with Crippen LogP contribution in [0.5, 0.6) is 11.5 Å². The van der Waals surface area contributed by atoms with E-state index in [4.69, 9.17) is 4.74 Å². The molecule has 5 nitrogen and oxygen atoms in total. The van der Waals surface area contributed by atoms with Crippen LogP contribution in [0.1, 0.15) is 18.2 Å². The van der Waals surface area contributed by atoms with Crippen molar-refractivity contribution in [2.75, 3.05) is 13.7 Å². The summed E-state index contributed by atoms with van der Waals surface area (Å²) in [6.07, 6.45) is -4.59. The fourth-order valence-electron chi connectivity index (χ4n) is 2.83. The summed E-state index contributed by atoms with van der Waals surface area (Å²) < 4.78 is 46.0. The van der Waals surface area contributed by atoms with Crippen LogP contribution in [0.2, 0.25) is 0 Å². The molecule has 0 spiro atoms. The second-order valence-corrected chi connectivity index (χ2v) is 7.58. The third-order valence-corrected chi connectivity index (χ3v) is 5.24. The first-order valence-electron chi connectivity index (χ1n) is 9.50. The molecule has 3 rings (SSSR count). The van der Waals surface area contributed by atoms with Gasteiger partial charge in [-0.2, -0.15) is 0 Å². The Morgan fingerprint density at radius 3 is 2.32 bits per heavy atom. The smallest absolute Gasteiger partial charge is 0.494 e. The van der Waals surface area contributed by atoms with E-state index in [1.165, 1.54) is 40.5 Å². The standard InChI is InChI=1S/C22H21F3N2O3S/c1-3-29-18-10-6-16(7-11-18)21-26-17(14-31-21)12-20(28)27(2)13-15-4-8-19(9-5-15)30-22(23,24)25/h4-11,14H,3,12-13H2,1-2H3. The molecule has 0 fully saturated rings. The first-order chi connectivity index (χ1) is 14.7. The molecule has 0 bridgehead atoms. The number of carbonyl (C=O) groups is 1. The summed E-state index contributed by atoms with van der Waals surface area (Å²) in [5.41, 5.74) is 2.31. The molecule has 0 saturated heterocycles. The van der Waals surface area contributed by atoms with Crippen LogP contribution in [0, 0.1) is 0 Å². The summed E-state index contributed by atoms with van der Waals surface area (Å²) in [5.74, 6) is 0.353. The Balaban J connectivity index is 1.56. The van der Waals surface area contributed by atoms with Gasteiger partial charge in [0.1, 0.15) is 16.5 Å². The fraction of sp³-hybridized carbons (Fsp3) is 0.273. The lowest BCUT2D eigenvalue weighted by Crippen LogP contribution is -2.27. The quantitative estimate of drug-likeness (QED) is 0.467. The Morgan fingerprint density at radius 2 is 1.71 bits per heavy atom. The van der Waals surface area contributed by atoms with Crippen molar-refractivity contribution >= 4 is 17.2 Å². The molecule has 0 N–H and O–H groups in total. The van der Waals surface area contributed by atoms with Gasteiger partial charge in [0.25, 0.3) is 0 Å². The van der Waals surface area contributed by atoms with Crippen molar-refractivity contribution in [2.45, 2.75) is 26.3 Å². The van der Waals surface area contributed by atoms with Gasteiger partial charge in [-0.05, 0) is 48.9 Å². The summed E-state index contributed by atoms with van der Waals surface area (Å²) >= 11 is 1.46. The molecule has 0 atom stereocenters. The highest BCUT2D eigenvalue weighted by molar-refractivity contribution is 7.13. The number of thiazole rings is 1. The van der Waals surface area contributed by atoms with Gasteiger partial charge in [0.15, 0.2) is 0 Å². The molecule has 9 heteroatoms. The molecule has 2 aromatic carbocycles. The zero-order valence-electron chi connectivity index (χ0n) is 17.0. The topological polar surface area (TPSA) is 51.7 Å². The van der Waals surface area contributed by atoms with Gasteiger partial charge in [-0.25, -0.2) is 4.98 Å². The number of aromatic nitrogens is 1. The first-order valence-corrected chi connectivity index (χ1v) is 10.4. The lowest BCUT2D eigenvalue weighted by Gasteiger charge is -2.17. The van der Waals surface area contributed by atoms with Crippen LogP contribution in [0.3, 0.4) is 0 Å². The predicted molar refractivity (Wildman–Crippen MR) is 112 cm³/mol. The van der Waals surface area contributed by atoms with Crippen molar-refractivity contribution in [2.24, 2.45) is 0 Å². The minimum atomic E-state index is -4.73. The molecule has 3 aromatic rings. The predicted octanol–water partition coefficient (Wildman–Crippen LogP) is 5.31. The Morgan fingerprint density at radius 1 is 1.06 bits per heavy atom. The molecule has 1 amide bonds. The number of hydrogen-bond donors (Lipinski definition) is 0. The number of carbonyl (C=O) groups excluding carboxylic acids is 1. The molecule has 31 heavy (non-hydrogen) atoms. The van der Waals surface area contributed by atoms with Crippen LogP contribution >= 0.6 is 11.3 Å². The lowest BCUT2D eigenvalue weighted by atomic mass is 10.2. The number of alkyl halides is 3. The van der Waals surface area contributed by atoms with Crippen LogP contribution in [0.4, 0.5) is 13.2 Å². The SMILES string of the molecule is CCOc1ccc(-c2nc(CC(=O)N(C)Cc3ccc(OC(F)(F)F)cc3)cs2)cc1. The third kappa shape index (κ3) is 6.71. The molecule has 0 unspecified atom stereocenters. The number of halogens is 3. The maximum Gasteiger partial charge on any atom is 0.573 e. The molecule has 0 aliphatic heterocycles. The molecule has 1 heterocycles. The second kappa shape index (κ2) is 9.82. The summed E-state index contributed by atoms with van der Waals surface area (Å²) in [4.78, 5) is 18.6. The van der Waals surface area contributed by atoms with E-state index in [1.807, 2.05) is 36.6 Å². The van der Waals surface area contributed by atoms with Crippen LogP contribution < -0.4 is 9.47 Å². The van der Waals surface area contributed by atoms with Crippen molar-refractivity contribution < 1.29 is 27.4 Å². The van der Waals surface area contributed by atoms with E-state index in [1.54, 1.807) is 7.05 Å². The monoisotopic (exact) mass is 450 g/mol. The third-order valence-electron chi connectivity index (χ3n) is 4.30. The average molecular weight is 450 g/mol. The van der Waals surface area contributed by atoms with E-state index in [0.717, 1.165) is 16.3 Å². The maximum atomic E-state index is 12.5. The van der Waals surface area contributed by atoms with Crippen LogP contribution in [0.15, 0.2) is 53.9 Å². The van der Waals surface area contributed by atoms with Gasteiger partial charge >= 0.3 is 6.36 Å². The van der Waals surface area contributed by atoms with Gasteiger partial charge in [0.2, 0.25) is 5.91 Å². The van der Waals surface area contributed by atoms with Gasteiger partial charge in [-0.1, -0.05) is 12.1 Å². The first kappa shape index (κ1) is 22.6. The Hall–Kier alpha value is -3.07. The Bertz CT molecular complexity index is 1000. The largest absolute Gasteiger partial charge is 0.573 e. The van der Waals surface area contributed by atoms with Crippen molar-refractivity contribution in [3.63, 3.8) is 0 Å². The minimum absolute atomic E-state index is 0.138. The molecule has 0 aliphatic carbocycles. The van der Waals surface area contributed by atoms with Crippen LogP contribution in [-0.4, -0.2) is 35.8 Å². The van der Waals surface area contributed by atoms with E-state index in [9.17, 15) is 18.0 Å². The zero-order chi connectivity index (χ0) is 22.4. The Labute approximate surface area is 182 Å². The number of likely N-dealkylation sites (N-methyl/N-ethyl adjacent to an activating group) is 1. The summed E-state index contributed by atoms with van der Waals surface area (Å²) in [6.45, 7) is 2.79. The average Bonchev–Trinajstić information content (AvgIpc) is 3.17. The van der Waals surface area contributed by atoms with Crippen molar-refractivity contribution in [3.8, 4) is 22.1 Å². The van der Waals surface area contributed by atoms with E-state index >= 15 is 0 Å². The summed E-state index contributed by atoms with van der Waals surface area (Å²) in [6, 6.07) is 13.1. The van der Waals surface area contributed by atoms with E-state index in [-0.39, 0.29) is 24.6 Å². The van der Waals surface area contributed by atoms with E-state index < -0.39 is 6.36 Å². The highest BCUT2D eigenvalue weighted by Crippen LogP contribution is 2.26. The van der Waals surface area contributed by atoms with Crippen molar-refractivity contribution in [3.05, 3.63) is 65.2 Å². The molecule has 0 radical (unpaired) electrons. The number of nitrogens with zero attached hydrogens (tertiary/aromatic N) is 2. The molecule has 0 aliphatic rings. The number of rotatable bonds is 8. The molecule has 164 valence electrons. The number of hydrogen-bond acceptors (Lipinski definition) is 5. The number of ether oxygens (including phenoxy) is 2.